The minimum absolute atomic E-state index is 0.00720. The zero-order valence-electron chi connectivity index (χ0n) is 15.0. The first-order valence-electron chi connectivity index (χ1n) is 8.68. The molecule has 132 valence electrons. The van der Waals surface area contributed by atoms with Crippen LogP contribution in [0.3, 0.4) is 0 Å². The van der Waals surface area contributed by atoms with Gasteiger partial charge in [0, 0.05) is 17.7 Å². The summed E-state index contributed by atoms with van der Waals surface area (Å²) >= 11 is 1.66. The molecular weight excluding hydrogens is 330 g/mol. The molecule has 3 nitrogen and oxygen atoms in total. The van der Waals surface area contributed by atoms with Crippen LogP contribution in [-0.2, 0) is 10.5 Å². The van der Waals surface area contributed by atoms with Gasteiger partial charge in [0.2, 0.25) is 5.91 Å². The average molecular weight is 356 g/mol. The van der Waals surface area contributed by atoms with Crippen LogP contribution in [0.25, 0.3) is 0 Å². The Labute approximate surface area is 154 Å². The minimum Gasteiger partial charge on any atom is -0.487 e. The van der Waals surface area contributed by atoms with E-state index in [2.05, 4.69) is 31.3 Å². The molecular formula is C21H25NO2S. The summed E-state index contributed by atoms with van der Waals surface area (Å²) in [6, 6.07) is 18.2. The van der Waals surface area contributed by atoms with Crippen molar-refractivity contribution in [2.24, 2.45) is 0 Å². The fraction of sp³-hybridized carbons (Fsp3) is 0.381. The molecule has 0 unspecified atom stereocenters. The second-order valence-corrected chi connectivity index (χ2v) is 8.43. The van der Waals surface area contributed by atoms with Crippen LogP contribution >= 0.6 is 11.8 Å². The second kappa shape index (κ2) is 7.52. The van der Waals surface area contributed by atoms with Gasteiger partial charge in [-0.05, 0) is 32.4 Å². The smallest absolute Gasteiger partial charge is 0.233 e. The summed E-state index contributed by atoms with van der Waals surface area (Å²) in [4.78, 5) is 12.7. The lowest BCUT2D eigenvalue weighted by atomic mass is 9.89. The van der Waals surface area contributed by atoms with Gasteiger partial charge in [0.25, 0.3) is 0 Å². The van der Waals surface area contributed by atoms with Crippen molar-refractivity contribution in [3.8, 4) is 5.75 Å². The van der Waals surface area contributed by atoms with E-state index in [0.29, 0.717) is 0 Å². The van der Waals surface area contributed by atoms with E-state index in [9.17, 15) is 4.79 Å². The van der Waals surface area contributed by atoms with Crippen LogP contribution in [-0.4, -0.2) is 16.8 Å². The van der Waals surface area contributed by atoms with Gasteiger partial charge >= 0.3 is 0 Å². The summed E-state index contributed by atoms with van der Waals surface area (Å²) in [6.07, 6.45) is 0.770. The van der Waals surface area contributed by atoms with Crippen LogP contribution in [0.5, 0.6) is 5.75 Å². The molecule has 0 aromatic heterocycles. The third kappa shape index (κ3) is 4.57. The SMILES string of the molecule is C[C@H](SCc1ccccc1)C(=O)N[C@H]1CC(C)(C)Oc2ccccc21. The first kappa shape index (κ1) is 17.9. The molecule has 0 radical (unpaired) electrons. The Bertz CT molecular complexity index is 730. The minimum atomic E-state index is -0.285. The fourth-order valence-electron chi connectivity index (χ4n) is 3.09. The van der Waals surface area contributed by atoms with E-state index >= 15 is 0 Å². The molecule has 0 saturated carbocycles. The zero-order valence-corrected chi connectivity index (χ0v) is 15.8. The van der Waals surface area contributed by atoms with Crippen molar-refractivity contribution >= 4 is 17.7 Å². The van der Waals surface area contributed by atoms with Crippen molar-refractivity contribution in [2.45, 2.75) is 49.8 Å². The molecule has 0 spiro atoms. The summed E-state index contributed by atoms with van der Waals surface area (Å²) in [6.45, 7) is 6.10. The van der Waals surface area contributed by atoms with Crippen LogP contribution in [0.1, 0.15) is 44.4 Å². The molecule has 1 aliphatic heterocycles. The standard InChI is InChI=1S/C21H25NO2S/c1-15(25-14-16-9-5-4-6-10-16)20(23)22-18-13-21(2,3)24-19-12-8-7-11-17(18)19/h4-12,15,18H,13-14H2,1-3H3,(H,22,23)/t15-,18-/m0/s1. The molecule has 25 heavy (non-hydrogen) atoms. The first-order valence-corrected chi connectivity index (χ1v) is 9.73. The van der Waals surface area contributed by atoms with Crippen molar-refractivity contribution < 1.29 is 9.53 Å². The number of para-hydroxylation sites is 1. The Kier molecular flexibility index (Phi) is 5.38. The monoisotopic (exact) mass is 355 g/mol. The lowest BCUT2D eigenvalue weighted by Crippen LogP contribution is -2.43. The molecule has 1 amide bonds. The molecule has 2 aromatic rings. The van der Waals surface area contributed by atoms with Crippen molar-refractivity contribution in [3.05, 3.63) is 65.7 Å². The van der Waals surface area contributed by atoms with Gasteiger partial charge in [-0.15, -0.1) is 11.8 Å². The van der Waals surface area contributed by atoms with E-state index in [1.54, 1.807) is 11.8 Å². The van der Waals surface area contributed by atoms with E-state index in [4.69, 9.17) is 4.74 Å². The lowest BCUT2D eigenvalue weighted by Gasteiger charge is -2.38. The number of ether oxygens (including phenoxy) is 1. The van der Waals surface area contributed by atoms with Gasteiger partial charge in [-0.25, -0.2) is 0 Å². The highest BCUT2D eigenvalue weighted by atomic mass is 32.2. The Morgan fingerprint density at radius 2 is 1.88 bits per heavy atom. The van der Waals surface area contributed by atoms with E-state index in [-0.39, 0.29) is 22.8 Å². The van der Waals surface area contributed by atoms with Crippen LogP contribution < -0.4 is 10.1 Å². The van der Waals surface area contributed by atoms with Gasteiger partial charge < -0.3 is 10.1 Å². The lowest BCUT2D eigenvalue weighted by molar-refractivity contribution is -0.121. The van der Waals surface area contributed by atoms with Gasteiger partial charge in [0.05, 0.1) is 11.3 Å². The molecule has 1 N–H and O–H groups in total. The highest BCUT2D eigenvalue weighted by molar-refractivity contribution is 7.99. The van der Waals surface area contributed by atoms with Crippen molar-refractivity contribution in [1.29, 1.82) is 0 Å². The van der Waals surface area contributed by atoms with Crippen LogP contribution in [0.4, 0.5) is 0 Å². The number of fused-ring (bicyclic) bond motifs is 1. The predicted molar refractivity (Wildman–Crippen MR) is 104 cm³/mol. The molecule has 4 heteroatoms. The van der Waals surface area contributed by atoms with E-state index in [0.717, 1.165) is 23.5 Å². The number of hydrogen-bond donors (Lipinski definition) is 1. The van der Waals surface area contributed by atoms with Crippen molar-refractivity contribution in [3.63, 3.8) is 0 Å². The summed E-state index contributed by atoms with van der Waals surface area (Å²) in [5, 5.41) is 3.13. The normalized spacial score (nSPS) is 19.4. The summed E-state index contributed by atoms with van der Waals surface area (Å²) in [7, 11) is 0. The molecule has 1 aliphatic rings. The van der Waals surface area contributed by atoms with Gasteiger partial charge in [0.15, 0.2) is 0 Å². The number of benzene rings is 2. The van der Waals surface area contributed by atoms with Crippen LogP contribution in [0, 0.1) is 0 Å². The molecule has 3 rings (SSSR count). The van der Waals surface area contributed by atoms with Crippen LogP contribution in [0.2, 0.25) is 0 Å². The Morgan fingerprint density at radius 1 is 1.20 bits per heavy atom. The predicted octanol–water partition coefficient (Wildman–Crippen LogP) is 4.73. The van der Waals surface area contributed by atoms with Gasteiger partial charge in [-0.2, -0.15) is 0 Å². The highest BCUT2D eigenvalue weighted by Gasteiger charge is 2.34. The number of thioether (sulfide) groups is 1. The Hall–Kier alpha value is -1.94. The van der Waals surface area contributed by atoms with Gasteiger partial charge in [-0.1, -0.05) is 48.5 Å². The number of amides is 1. The van der Waals surface area contributed by atoms with Crippen molar-refractivity contribution in [2.75, 3.05) is 0 Å². The topological polar surface area (TPSA) is 38.3 Å². The number of nitrogens with one attached hydrogen (secondary N) is 1. The molecule has 2 aromatic carbocycles. The molecule has 1 heterocycles. The number of rotatable bonds is 5. The third-order valence-corrected chi connectivity index (χ3v) is 5.62. The fourth-order valence-corrected chi connectivity index (χ4v) is 3.95. The maximum absolute atomic E-state index is 12.7. The first-order chi connectivity index (χ1) is 11.9. The summed E-state index contributed by atoms with van der Waals surface area (Å²) in [5.74, 6) is 1.79. The molecule has 2 atom stereocenters. The van der Waals surface area contributed by atoms with Gasteiger partial charge in [-0.3, -0.25) is 4.79 Å². The molecule has 0 aliphatic carbocycles. The summed E-state index contributed by atoms with van der Waals surface area (Å²) < 4.78 is 6.04. The summed E-state index contributed by atoms with van der Waals surface area (Å²) in [5.41, 5.74) is 2.02. The molecule has 0 bridgehead atoms. The van der Waals surface area contributed by atoms with Gasteiger partial charge in [0.1, 0.15) is 11.4 Å². The van der Waals surface area contributed by atoms with E-state index < -0.39 is 0 Å². The highest BCUT2D eigenvalue weighted by Crippen LogP contribution is 2.39. The van der Waals surface area contributed by atoms with E-state index in [1.807, 2.05) is 49.4 Å². The molecule has 0 saturated heterocycles. The third-order valence-electron chi connectivity index (χ3n) is 4.40. The maximum atomic E-state index is 12.7. The number of carbonyl (C=O) groups excluding carboxylic acids is 1. The molecule has 0 fully saturated rings. The van der Waals surface area contributed by atoms with Crippen LogP contribution in [0.15, 0.2) is 54.6 Å². The maximum Gasteiger partial charge on any atom is 0.233 e. The average Bonchev–Trinajstić information content (AvgIpc) is 2.59. The quantitative estimate of drug-likeness (QED) is 0.843. The largest absolute Gasteiger partial charge is 0.487 e. The van der Waals surface area contributed by atoms with Crippen molar-refractivity contribution in [1.82, 2.24) is 5.32 Å². The number of carbonyl (C=O) groups is 1. The number of hydrogen-bond acceptors (Lipinski definition) is 3. The Balaban J connectivity index is 1.64. The van der Waals surface area contributed by atoms with E-state index in [1.165, 1.54) is 5.56 Å². The second-order valence-electron chi connectivity index (χ2n) is 7.10. The Morgan fingerprint density at radius 3 is 2.64 bits per heavy atom. The zero-order chi connectivity index (χ0) is 17.9.